The van der Waals surface area contributed by atoms with Crippen LogP contribution in [-0.2, 0) is 0 Å². The topological polar surface area (TPSA) is 18.5 Å². The Balaban J connectivity index is 1.58. The molecule has 0 amide bonds. The second-order valence-corrected chi connectivity index (χ2v) is 6.31. The highest BCUT2D eigenvalue weighted by Crippen LogP contribution is 2.29. The van der Waals surface area contributed by atoms with E-state index in [2.05, 4.69) is 35.5 Å². The highest BCUT2D eigenvalue weighted by atomic mass is 15.3. The van der Waals surface area contributed by atoms with Crippen LogP contribution >= 0.6 is 0 Å². The number of hydrogen-bond acceptors (Lipinski definition) is 3. The van der Waals surface area contributed by atoms with Crippen LogP contribution in [0, 0.1) is 5.92 Å². The van der Waals surface area contributed by atoms with Crippen LogP contribution < -0.4 is 5.32 Å². The van der Waals surface area contributed by atoms with Gasteiger partial charge >= 0.3 is 0 Å². The summed E-state index contributed by atoms with van der Waals surface area (Å²) in [7, 11) is 0. The van der Waals surface area contributed by atoms with Crippen molar-refractivity contribution in [3.05, 3.63) is 12.2 Å². The molecule has 1 saturated carbocycles. The van der Waals surface area contributed by atoms with Crippen LogP contribution in [0.25, 0.3) is 0 Å². The molecule has 1 heterocycles. The Morgan fingerprint density at radius 3 is 2.33 bits per heavy atom. The van der Waals surface area contributed by atoms with Gasteiger partial charge in [0.25, 0.3) is 0 Å². The quantitative estimate of drug-likeness (QED) is 0.693. The molecule has 0 aromatic rings. The van der Waals surface area contributed by atoms with Crippen LogP contribution in [0.15, 0.2) is 12.2 Å². The summed E-state index contributed by atoms with van der Waals surface area (Å²) in [4.78, 5) is 5.19. The minimum Gasteiger partial charge on any atom is -0.311 e. The van der Waals surface area contributed by atoms with Gasteiger partial charge in [0, 0.05) is 51.9 Å². The largest absolute Gasteiger partial charge is 0.311 e. The molecule has 2 fully saturated rings. The summed E-state index contributed by atoms with van der Waals surface area (Å²) in [6.45, 7) is 16.9. The van der Waals surface area contributed by atoms with Crippen LogP contribution in [0.3, 0.4) is 0 Å². The number of nitrogens with zero attached hydrogens (tertiary/aromatic N) is 2. The molecule has 0 radical (unpaired) electrons. The summed E-state index contributed by atoms with van der Waals surface area (Å²) in [6.07, 6.45) is 2.94. The molecule has 2 aliphatic rings. The van der Waals surface area contributed by atoms with Crippen LogP contribution in [0.2, 0.25) is 0 Å². The minimum atomic E-state index is 0.553. The molecule has 1 N–H and O–H groups in total. The van der Waals surface area contributed by atoms with Crippen molar-refractivity contribution in [1.82, 2.24) is 15.1 Å². The Morgan fingerprint density at radius 2 is 1.78 bits per heavy atom. The molecule has 0 atom stereocenters. The van der Waals surface area contributed by atoms with E-state index in [1.165, 1.54) is 51.1 Å². The molecular formula is C15H29N3. The molecule has 0 aromatic carbocycles. The van der Waals surface area contributed by atoms with E-state index in [0.717, 1.165) is 19.0 Å². The molecule has 0 unspecified atom stereocenters. The van der Waals surface area contributed by atoms with Gasteiger partial charge < -0.3 is 10.2 Å². The average molecular weight is 251 g/mol. The third kappa shape index (κ3) is 5.09. The van der Waals surface area contributed by atoms with Gasteiger partial charge in [0.2, 0.25) is 0 Å². The van der Waals surface area contributed by atoms with Gasteiger partial charge in [-0.15, -0.1) is 0 Å². The summed E-state index contributed by atoms with van der Waals surface area (Å²) >= 11 is 0. The fourth-order valence-electron chi connectivity index (χ4n) is 2.52. The van der Waals surface area contributed by atoms with E-state index in [4.69, 9.17) is 0 Å². The lowest BCUT2D eigenvalue weighted by Gasteiger charge is -2.35. The minimum absolute atomic E-state index is 0.553. The molecule has 104 valence electrons. The van der Waals surface area contributed by atoms with Gasteiger partial charge in [-0.1, -0.05) is 20.4 Å². The number of piperazine rings is 1. The molecular weight excluding hydrogens is 222 g/mol. The zero-order valence-corrected chi connectivity index (χ0v) is 12.1. The Hall–Kier alpha value is -0.380. The Labute approximate surface area is 112 Å². The Kier molecular flexibility index (Phi) is 5.22. The first-order chi connectivity index (χ1) is 8.63. The second kappa shape index (κ2) is 6.69. The predicted molar refractivity (Wildman–Crippen MR) is 77.9 cm³/mol. The summed E-state index contributed by atoms with van der Waals surface area (Å²) in [5.41, 5.74) is 1.32. The third-order valence-corrected chi connectivity index (χ3v) is 3.89. The van der Waals surface area contributed by atoms with Gasteiger partial charge in [-0.3, -0.25) is 4.90 Å². The lowest BCUT2D eigenvalue weighted by Crippen LogP contribution is -2.47. The molecule has 3 nitrogen and oxygen atoms in total. The van der Waals surface area contributed by atoms with E-state index in [1.807, 2.05) is 0 Å². The normalized spacial score (nSPS) is 22.6. The zero-order chi connectivity index (χ0) is 13.0. The van der Waals surface area contributed by atoms with Gasteiger partial charge in [-0.2, -0.15) is 0 Å². The van der Waals surface area contributed by atoms with Crippen LogP contribution in [0.5, 0.6) is 0 Å². The van der Waals surface area contributed by atoms with Crippen molar-refractivity contribution in [2.45, 2.75) is 32.7 Å². The standard InChI is InChI=1S/C15H29N3/c1-13(2)16-10-14(3)11-17-6-8-18(9-7-17)12-15-4-5-15/h13,15-16H,3-12H2,1-2H3. The summed E-state index contributed by atoms with van der Waals surface area (Å²) in [5.74, 6) is 1.03. The van der Waals surface area contributed by atoms with E-state index in [9.17, 15) is 0 Å². The SMILES string of the molecule is C=C(CNC(C)C)CN1CCN(CC2CC2)CC1. The number of hydrogen-bond donors (Lipinski definition) is 1. The molecule has 3 heteroatoms. The van der Waals surface area contributed by atoms with Crippen LogP contribution in [-0.4, -0.2) is 61.7 Å². The highest BCUT2D eigenvalue weighted by Gasteiger charge is 2.26. The van der Waals surface area contributed by atoms with Gasteiger partial charge in [0.1, 0.15) is 0 Å². The van der Waals surface area contributed by atoms with E-state index in [0.29, 0.717) is 6.04 Å². The van der Waals surface area contributed by atoms with Gasteiger partial charge in [0.05, 0.1) is 0 Å². The molecule has 2 rings (SSSR count). The van der Waals surface area contributed by atoms with Crippen molar-refractivity contribution in [2.24, 2.45) is 5.92 Å². The van der Waals surface area contributed by atoms with Gasteiger partial charge in [0.15, 0.2) is 0 Å². The molecule has 1 aliphatic heterocycles. The van der Waals surface area contributed by atoms with Crippen LogP contribution in [0.1, 0.15) is 26.7 Å². The maximum absolute atomic E-state index is 4.18. The average Bonchev–Trinajstić information content (AvgIpc) is 3.13. The van der Waals surface area contributed by atoms with E-state index >= 15 is 0 Å². The van der Waals surface area contributed by atoms with Crippen molar-refractivity contribution in [1.29, 1.82) is 0 Å². The van der Waals surface area contributed by atoms with Crippen molar-refractivity contribution in [2.75, 3.05) is 45.8 Å². The summed E-state index contributed by atoms with van der Waals surface area (Å²) in [6, 6.07) is 0.553. The second-order valence-electron chi connectivity index (χ2n) is 6.31. The zero-order valence-electron chi connectivity index (χ0n) is 12.1. The molecule has 1 saturated heterocycles. The number of rotatable bonds is 7. The molecule has 0 spiro atoms. The van der Waals surface area contributed by atoms with Crippen molar-refractivity contribution >= 4 is 0 Å². The van der Waals surface area contributed by atoms with Crippen LogP contribution in [0.4, 0.5) is 0 Å². The molecule has 0 aromatic heterocycles. The van der Waals surface area contributed by atoms with Gasteiger partial charge in [-0.25, -0.2) is 0 Å². The van der Waals surface area contributed by atoms with E-state index in [1.54, 1.807) is 0 Å². The monoisotopic (exact) mass is 251 g/mol. The van der Waals surface area contributed by atoms with Crippen molar-refractivity contribution in [3.8, 4) is 0 Å². The maximum atomic E-state index is 4.18. The van der Waals surface area contributed by atoms with E-state index in [-0.39, 0.29) is 0 Å². The smallest absolute Gasteiger partial charge is 0.0203 e. The van der Waals surface area contributed by atoms with Gasteiger partial charge in [-0.05, 0) is 24.3 Å². The summed E-state index contributed by atoms with van der Waals surface area (Å²) < 4.78 is 0. The first-order valence-electron chi connectivity index (χ1n) is 7.48. The molecule has 0 bridgehead atoms. The molecule has 18 heavy (non-hydrogen) atoms. The Bertz CT molecular complexity index is 263. The molecule has 1 aliphatic carbocycles. The maximum Gasteiger partial charge on any atom is 0.0203 e. The lowest BCUT2D eigenvalue weighted by atomic mass is 10.2. The highest BCUT2D eigenvalue weighted by molar-refractivity contribution is 5.00. The predicted octanol–water partition coefficient (Wildman–Crippen LogP) is 1.57. The third-order valence-electron chi connectivity index (χ3n) is 3.89. The fourth-order valence-corrected chi connectivity index (χ4v) is 2.52. The van der Waals surface area contributed by atoms with E-state index < -0.39 is 0 Å². The lowest BCUT2D eigenvalue weighted by molar-refractivity contribution is 0.136. The number of nitrogens with one attached hydrogen (secondary N) is 1. The first-order valence-corrected chi connectivity index (χ1v) is 7.48. The Morgan fingerprint density at radius 1 is 1.17 bits per heavy atom. The fraction of sp³-hybridized carbons (Fsp3) is 0.867. The first kappa shape index (κ1) is 14.0. The van der Waals surface area contributed by atoms with Crippen molar-refractivity contribution < 1.29 is 0 Å². The van der Waals surface area contributed by atoms with Crippen molar-refractivity contribution in [3.63, 3.8) is 0 Å². The summed E-state index contributed by atoms with van der Waals surface area (Å²) in [5, 5.41) is 3.44.